The molecule has 2 aromatic rings. The zero-order chi connectivity index (χ0) is 13.2. The normalized spacial score (nSPS) is 11.3. The average Bonchev–Trinajstić information content (AvgIpc) is 2.34. The van der Waals surface area contributed by atoms with Crippen LogP contribution in [0.15, 0.2) is 41.3 Å². The third-order valence-corrected chi connectivity index (χ3v) is 4.02. The molecule has 2 rings (SSSR count). The van der Waals surface area contributed by atoms with Crippen LogP contribution in [-0.2, 0) is 33.6 Å². The topological polar surface area (TPSA) is 54.4 Å². The molecule has 0 aliphatic carbocycles. The molecule has 5 heteroatoms. The Hall–Kier alpha value is -0.871. The standard InChI is InChI=1S/C14H16O3S.Fe/c1-2-3-6-12-10-9-11-7-4-5-8-13(11)14(12)18(15,16)17;/h4-5,7-10H,2-3,6H2,1H3,(H,15,16,17);. The monoisotopic (exact) mass is 320 g/mol. The molecule has 0 radical (unpaired) electrons. The maximum atomic E-state index is 11.6. The summed E-state index contributed by atoms with van der Waals surface area (Å²) in [7, 11) is -4.19. The van der Waals surface area contributed by atoms with Crippen molar-refractivity contribution in [3.63, 3.8) is 0 Å². The zero-order valence-electron chi connectivity index (χ0n) is 10.6. The van der Waals surface area contributed by atoms with Gasteiger partial charge in [-0.25, -0.2) is 0 Å². The van der Waals surface area contributed by atoms with Gasteiger partial charge in [0.05, 0.1) is 0 Å². The van der Waals surface area contributed by atoms with E-state index in [1.165, 1.54) is 0 Å². The van der Waals surface area contributed by atoms with Crippen LogP contribution in [0, 0.1) is 0 Å². The first-order valence-electron chi connectivity index (χ1n) is 6.02. The number of aryl methyl sites for hydroxylation is 1. The first kappa shape index (κ1) is 16.2. The number of unbranched alkanes of at least 4 members (excludes halogenated alkanes) is 1. The van der Waals surface area contributed by atoms with Gasteiger partial charge in [0.1, 0.15) is 4.90 Å². The SMILES string of the molecule is CCCCc1ccc2ccccc2c1S(=O)(=O)O.[Fe]. The van der Waals surface area contributed by atoms with Crippen LogP contribution in [0.5, 0.6) is 0 Å². The van der Waals surface area contributed by atoms with Crippen LogP contribution in [0.1, 0.15) is 25.3 Å². The molecular weight excluding hydrogens is 304 g/mol. The summed E-state index contributed by atoms with van der Waals surface area (Å²) in [5.41, 5.74) is 0.693. The van der Waals surface area contributed by atoms with E-state index in [0.29, 0.717) is 17.4 Å². The third-order valence-electron chi connectivity index (χ3n) is 3.02. The first-order chi connectivity index (χ1) is 8.54. The molecule has 2 aromatic carbocycles. The number of fused-ring (bicyclic) bond motifs is 1. The van der Waals surface area contributed by atoms with Gasteiger partial charge in [0.2, 0.25) is 0 Å². The summed E-state index contributed by atoms with van der Waals surface area (Å²) in [6.45, 7) is 2.05. The Morgan fingerprint density at radius 2 is 1.79 bits per heavy atom. The fourth-order valence-corrected chi connectivity index (χ4v) is 3.12. The van der Waals surface area contributed by atoms with E-state index in [0.717, 1.165) is 18.2 Å². The van der Waals surface area contributed by atoms with E-state index in [-0.39, 0.29) is 22.0 Å². The zero-order valence-corrected chi connectivity index (χ0v) is 12.5. The smallest absolute Gasteiger partial charge is 0.282 e. The predicted octanol–water partition coefficient (Wildman–Crippen LogP) is 3.43. The van der Waals surface area contributed by atoms with Crippen LogP contribution in [0.2, 0.25) is 0 Å². The van der Waals surface area contributed by atoms with Gasteiger partial charge in [0.15, 0.2) is 0 Å². The minimum atomic E-state index is -4.19. The predicted molar refractivity (Wildman–Crippen MR) is 72.4 cm³/mol. The van der Waals surface area contributed by atoms with E-state index in [4.69, 9.17) is 0 Å². The molecule has 0 atom stereocenters. The number of hydrogen-bond donors (Lipinski definition) is 1. The summed E-state index contributed by atoms with van der Waals surface area (Å²) >= 11 is 0. The minimum Gasteiger partial charge on any atom is -0.282 e. The van der Waals surface area contributed by atoms with Crippen molar-refractivity contribution in [3.8, 4) is 0 Å². The van der Waals surface area contributed by atoms with Crippen LogP contribution in [0.4, 0.5) is 0 Å². The van der Waals surface area contributed by atoms with Gasteiger partial charge in [-0.1, -0.05) is 49.7 Å². The first-order valence-corrected chi connectivity index (χ1v) is 7.46. The molecule has 0 aliphatic heterocycles. The van der Waals surface area contributed by atoms with Gasteiger partial charge in [0.25, 0.3) is 10.1 Å². The average molecular weight is 320 g/mol. The van der Waals surface area contributed by atoms with Crippen molar-refractivity contribution in [1.82, 2.24) is 0 Å². The van der Waals surface area contributed by atoms with E-state index in [1.807, 2.05) is 25.1 Å². The minimum absolute atomic E-state index is 0. The molecular formula is C14H16FeO3S. The molecule has 0 bridgehead atoms. The van der Waals surface area contributed by atoms with Crippen LogP contribution in [0.25, 0.3) is 10.8 Å². The maximum absolute atomic E-state index is 11.6. The molecule has 3 nitrogen and oxygen atoms in total. The molecule has 104 valence electrons. The Kier molecular flexibility index (Phi) is 5.56. The van der Waals surface area contributed by atoms with Crippen LogP contribution in [0.3, 0.4) is 0 Å². The van der Waals surface area contributed by atoms with Crippen LogP contribution >= 0.6 is 0 Å². The molecule has 0 spiro atoms. The van der Waals surface area contributed by atoms with E-state index >= 15 is 0 Å². The fourth-order valence-electron chi connectivity index (χ4n) is 2.16. The van der Waals surface area contributed by atoms with Gasteiger partial charge in [-0.15, -0.1) is 0 Å². The Morgan fingerprint density at radius 1 is 1.11 bits per heavy atom. The largest absolute Gasteiger partial charge is 0.295 e. The van der Waals surface area contributed by atoms with Crippen molar-refractivity contribution in [2.75, 3.05) is 0 Å². The summed E-state index contributed by atoms with van der Waals surface area (Å²) < 4.78 is 32.6. The second-order valence-corrected chi connectivity index (χ2v) is 5.71. The molecule has 0 aliphatic rings. The molecule has 1 N–H and O–H groups in total. The van der Waals surface area contributed by atoms with E-state index in [9.17, 15) is 13.0 Å². The Labute approximate surface area is 124 Å². The number of hydrogen-bond acceptors (Lipinski definition) is 2. The number of rotatable bonds is 4. The van der Waals surface area contributed by atoms with Gasteiger partial charge in [0, 0.05) is 22.5 Å². The third kappa shape index (κ3) is 3.57. The van der Waals surface area contributed by atoms with Crippen molar-refractivity contribution in [2.24, 2.45) is 0 Å². The van der Waals surface area contributed by atoms with Gasteiger partial charge < -0.3 is 0 Å². The summed E-state index contributed by atoms with van der Waals surface area (Å²) in [6, 6.07) is 10.9. The Morgan fingerprint density at radius 3 is 2.42 bits per heavy atom. The van der Waals surface area contributed by atoms with Crippen molar-refractivity contribution < 1.29 is 30.0 Å². The van der Waals surface area contributed by atoms with Crippen LogP contribution < -0.4 is 0 Å². The van der Waals surface area contributed by atoms with Crippen molar-refractivity contribution in [1.29, 1.82) is 0 Å². The number of benzene rings is 2. The molecule has 19 heavy (non-hydrogen) atoms. The maximum Gasteiger partial charge on any atom is 0.295 e. The van der Waals surface area contributed by atoms with Crippen LogP contribution in [-0.4, -0.2) is 13.0 Å². The van der Waals surface area contributed by atoms with Gasteiger partial charge in [-0.05, 0) is 23.8 Å². The summed E-state index contributed by atoms with van der Waals surface area (Å²) in [4.78, 5) is 0.0639. The Balaban J connectivity index is 0.00000180. The molecule has 0 amide bonds. The summed E-state index contributed by atoms with van der Waals surface area (Å²) in [5.74, 6) is 0. The molecule has 0 heterocycles. The van der Waals surface area contributed by atoms with Gasteiger partial charge in [-0.2, -0.15) is 8.42 Å². The van der Waals surface area contributed by atoms with Crippen molar-refractivity contribution >= 4 is 20.9 Å². The van der Waals surface area contributed by atoms with Crippen molar-refractivity contribution in [3.05, 3.63) is 42.0 Å². The molecule has 0 aromatic heterocycles. The molecule has 0 fully saturated rings. The van der Waals surface area contributed by atoms with E-state index in [1.54, 1.807) is 18.2 Å². The van der Waals surface area contributed by atoms with Gasteiger partial charge >= 0.3 is 0 Å². The second kappa shape index (κ2) is 6.53. The fraction of sp³-hybridized carbons (Fsp3) is 0.286. The summed E-state index contributed by atoms with van der Waals surface area (Å²) in [5, 5.41) is 1.42. The molecule has 0 saturated heterocycles. The van der Waals surface area contributed by atoms with Gasteiger partial charge in [-0.3, -0.25) is 4.55 Å². The molecule has 0 saturated carbocycles. The quantitative estimate of drug-likeness (QED) is 0.694. The molecule has 0 unspecified atom stereocenters. The van der Waals surface area contributed by atoms with E-state index in [2.05, 4.69) is 0 Å². The Bertz CT molecular complexity index is 665. The summed E-state index contributed by atoms with van der Waals surface area (Å²) in [6.07, 6.45) is 2.55. The second-order valence-electron chi connectivity index (χ2n) is 4.35. The van der Waals surface area contributed by atoms with E-state index < -0.39 is 10.1 Å². The van der Waals surface area contributed by atoms with Crippen molar-refractivity contribution in [2.45, 2.75) is 31.1 Å².